The molecule has 0 aromatic heterocycles. The van der Waals surface area contributed by atoms with Gasteiger partial charge in [-0.15, -0.1) is 0 Å². The van der Waals surface area contributed by atoms with Crippen molar-refractivity contribution in [2.75, 3.05) is 31.1 Å². The van der Waals surface area contributed by atoms with E-state index >= 15 is 0 Å². The summed E-state index contributed by atoms with van der Waals surface area (Å²) in [7, 11) is 0. The monoisotopic (exact) mass is 426 g/mol. The van der Waals surface area contributed by atoms with Gasteiger partial charge in [0.15, 0.2) is 0 Å². The summed E-state index contributed by atoms with van der Waals surface area (Å²) in [6, 6.07) is 11.4. The van der Waals surface area contributed by atoms with Crippen LogP contribution in [0.1, 0.15) is 43.7 Å². The minimum Gasteiger partial charge on any atom is -0.367 e. The molecule has 0 radical (unpaired) electrons. The molecule has 3 aliphatic heterocycles. The number of hydrogen-bond donors (Lipinski definition) is 0. The molecule has 0 bridgehead atoms. The van der Waals surface area contributed by atoms with E-state index in [0.717, 1.165) is 25.1 Å². The summed E-state index contributed by atoms with van der Waals surface area (Å²) >= 11 is 12.9. The predicted octanol–water partition coefficient (Wildman–Crippen LogP) is 6.55. The number of fused-ring (bicyclic) bond motifs is 3. The number of rotatable bonds is 3. The summed E-state index contributed by atoms with van der Waals surface area (Å²) in [5.41, 5.74) is 8.22. The number of likely N-dealkylation sites (tertiary alicyclic amines) is 1. The normalized spacial score (nSPS) is 23.0. The molecule has 0 spiro atoms. The number of piperidine rings is 1. The van der Waals surface area contributed by atoms with Gasteiger partial charge >= 0.3 is 0 Å². The summed E-state index contributed by atoms with van der Waals surface area (Å²) in [5, 5.41) is 1.29. The zero-order chi connectivity index (χ0) is 20.1. The fourth-order valence-electron chi connectivity index (χ4n) is 5.47. The molecule has 1 saturated heterocycles. The Bertz CT molecular complexity index is 977. The van der Waals surface area contributed by atoms with Gasteiger partial charge < -0.3 is 4.90 Å². The fraction of sp³-hybridized carbons (Fsp3) is 0.440. The molecule has 3 aliphatic rings. The molecule has 3 heterocycles. The lowest BCUT2D eigenvalue weighted by atomic mass is 9.86. The third kappa shape index (κ3) is 3.40. The molecular formula is C25H28Cl2N2. The first-order chi connectivity index (χ1) is 14.0. The van der Waals surface area contributed by atoms with Crippen molar-refractivity contribution >= 4 is 28.9 Å². The van der Waals surface area contributed by atoms with Gasteiger partial charge in [0.05, 0.1) is 10.0 Å². The Balaban J connectivity index is 1.56. The van der Waals surface area contributed by atoms with E-state index in [4.69, 9.17) is 23.2 Å². The maximum absolute atomic E-state index is 6.59. The van der Waals surface area contributed by atoms with Crippen molar-refractivity contribution in [3.63, 3.8) is 0 Å². The summed E-state index contributed by atoms with van der Waals surface area (Å²) in [4.78, 5) is 5.35. The molecule has 2 aromatic rings. The first-order valence-corrected chi connectivity index (χ1v) is 11.5. The number of hydrogen-bond acceptors (Lipinski definition) is 2. The van der Waals surface area contributed by atoms with E-state index < -0.39 is 0 Å². The van der Waals surface area contributed by atoms with Gasteiger partial charge in [-0.2, -0.15) is 0 Å². The molecule has 2 aromatic carbocycles. The van der Waals surface area contributed by atoms with Gasteiger partial charge in [-0.1, -0.05) is 47.0 Å². The van der Waals surface area contributed by atoms with E-state index in [9.17, 15) is 0 Å². The van der Waals surface area contributed by atoms with Crippen molar-refractivity contribution in [2.24, 2.45) is 0 Å². The second kappa shape index (κ2) is 7.65. The Hall–Kier alpha value is -1.48. The standard InChI is InChI=1S/C25H28Cl2N2/c1-16(2)8-11-28-12-9-23-21(15-28)20-14-18(19-6-3-7-22(26)24(19)27)13-17-5-4-10-29(23)25(17)20/h3,6-8,13-14,21,23H,4-5,9-12,15H2,1-2H3/t21-,23-/m0/s1. The Morgan fingerprint density at radius 1 is 1.17 bits per heavy atom. The number of nitrogens with zero attached hydrogens (tertiary/aromatic N) is 2. The largest absolute Gasteiger partial charge is 0.367 e. The third-order valence-corrected chi connectivity index (χ3v) is 7.65. The Kier molecular flexibility index (Phi) is 5.14. The summed E-state index contributed by atoms with van der Waals surface area (Å²) < 4.78 is 0. The second-order valence-corrected chi connectivity index (χ2v) is 9.76. The van der Waals surface area contributed by atoms with Gasteiger partial charge in [-0.3, -0.25) is 4.90 Å². The second-order valence-electron chi connectivity index (χ2n) is 8.98. The average Bonchev–Trinajstić information content (AvgIpc) is 3.03. The van der Waals surface area contributed by atoms with Gasteiger partial charge in [-0.25, -0.2) is 0 Å². The van der Waals surface area contributed by atoms with Crippen LogP contribution in [-0.4, -0.2) is 37.1 Å². The topological polar surface area (TPSA) is 6.48 Å². The average molecular weight is 427 g/mol. The minimum absolute atomic E-state index is 0.582. The number of anilines is 1. The Morgan fingerprint density at radius 2 is 2.03 bits per heavy atom. The number of aryl methyl sites for hydroxylation is 1. The maximum atomic E-state index is 6.59. The van der Waals surface area contributed by atoms with E-state index in [1.165, 1.54) is 53.9 Å². The van der Waals surface area contributed by atoms with Gasteiger partial charge in [-0.05, 0) is 68.0 Å². The third-order valence-electron chi connectivity index (χ3n) is 6.83. The summed E-state index contributed by atoms with van der Waals surface area (Å²) in [5.74, 6) is 0.582. The molecular weight excluding hydrogens is 399 g/mol. The molecule has 29 heavy (non-hydrogen) atoms. The van der Waals surface area contributed by atoms with E-state index in [1.54, 1.807) is 0 Å². The molecule has 152 valence electrons. The van der Waals surface area contributed by atoms with Crippen molar-refractivity contribution in [2.45, 2.75) is 45.1 Å². The van der Waals surface area contributed by atoms with Gasteiger partial charge in [0.25, 0.3) is 0 Å². The molecule has 0 N–H and O–H groups in total. The minimum atomic E-state index is 0.582. The lowest BCUT2D eigenvalue weighted by molar-refractivity contribution is 0.210. The van der Waals surface area contributed by atoms with Crippen LogP contribution in [0.3, 0.4) is 0 Å². The van der Waals surface area contributed by atoms with Crippen LogP contribution in [0.5, 0.6) is 0 Å². The van der Waals surface area contributed by atoms with Crippen molar-refractivity contribution in [1.82, 2.24) is 4.90 Å². The number of halogens is 2. The first kappa shape index (κ1) is 19.5. The van der Waals surface area contributed by atoms with Crippen LogP contribution in [0.4, 0.5) is 5.69 Å². The lowest BCUT2D eigenvalue weighted by Crippen LogP contribution is -2.47. The number of benzene rings is 2. The van der Waals surface area contributed by atoms with Crippen LogP contribution in [0, 0.1) is 0 Å². The predicted molar refractivity (Wildman–Crippen MR) is 125 cm³/mol. The first-order valence-electron chi connectivity index (χ1n) is 10.8. The fourth-order valence-corrected chi connectivity index (χ4v) is 5.88. The molecule has 2 atom stereocenters. The summed E-state index contributed by atoms with van der Waals surface area (Å²) in [6.07, 6.45) is 6.01. The van der Waals surface area contributed by atoms with E-state index in [0.29, 0.717) is 22.0 Å². The van der Waals surface area contributed by atoms with Crippen molar-refractivity contribution < 1.29 is 0 Å². The molecule has 0 aliphatic carbocycles. The van der Waals surface area contributed by atoms with Crippen LogP contribution >= 0.6 is 23.2 Å². The van der Waals surface area contributed by atoms with Gasteiger partial charge in [0.2, 0.25) is 0 Å². The molecule has 2 nitrogen and oxygen atoms in total. The smallest absolute Gasteiger partial charge is 0.0670 e. The SMILES string of the molecule is CC(C)=CCN1CC[C@H]2[C@@H](C1)c1cc(-c3cccc(Cl)c3Cl)cc3c1N2CCC3. The highest BCUT2D eigenvalue weighted by Gasteiger charge is 2.43. The van der Waals surface area contributed by atoms with E-state index in [2.05, 4.69) is 47.9 Å². The van der Waals surface area contributed by atoms with Crippen molar-refractivity contribution in [3.05, 3.63) is 63.2 Å². The van der Waals surface area contributed by atoms with Crippen LogP contribution in [-0.2, 0) is 6.42 Å². The highest BCUT2D eigenvalue weighted by molar-refractivity contribution is 6.43. The molecule has 0 amide bonds. The molecule has 0 saturated carbocycles. The van der Waals surface area contributed by atoms with Crippen LogP contribution in [0.15, 0.2) is 42.0 Å². The van der Waals surface area contributed by atoms with Crippen molar-refractivity contribution in [3.8, 4) is 11.1 Å². The molecule has 0 unspecified atom stereocenters. The summed E-state index contributed by atoms with van der Waals surface area (Å²) in [6.45, 7) is 8.98. The quantitative estimate of drug-likeness (QED) is 0.513. The lowest BCUT2D eigenvalue weighted by Gasteiger charge is -2.39. The Labute approximate surface area is 184 Å². The zero-order valence-electron chi connectivity index (χ0n) is 17.2. The molecule has 5 rings (SSSR count). The Morgan fingerprint density at radius 3 is 2.86 bits per heavy atom. The van der Waals surface area contributed by atoms with Crippen LogP contribution in [0.2, 0.25) is 10.0 Å². The highest BCUT2D eigenvalue weighted by Crippen LogP contribution is 2.50. The molecule has 4 heteroatoms. The van der Waals surface area contributed by atoms with Gasteiger partial charge in [0, 0.05) is 49.4 Å². The van der Waals surface area contributed by atoms with Crippen molar-refractivity contribution in [1.29, 1.82) is 0 Å². The van der Waals surface area contributed by atoms with Crippen LogP contribution in [0.25, 0.3) is 11.1 Å². The van der Waals surface area contributed by atoms with Gasteiger partial charge in [0.1, 0.15) is 0 Å². The number of allylic oxidation sites excluding steroid dienone is 1. The van der Waals surface area contributed by atoms with E-state index in [1.807, 2.05) is 12.1 Å². The zero-order valence-corrected chi connectivity index (χ0v) is 18.7. The maximum Gasteiger partial charge on any atom is 0.0670 e. The van der Waals surface area contributed by atoms with E-state index in [-0.39, 0.29) is 0 Å². The molecule has 1 fully saturated rings. The highest BCUT2D eigenvalue weighted by atomic mass is 35.5. The van der Waals surface area contributed by atoms with Crippen LogP contribution < -0.4 is 4.90 Å².